The molecule has 0 bridgehead atoms. The van der Waals surface area contributed by atoms with Gasteiger partial charge in [-0.2, -0.15) is 0 Å². The van der Waals surface area contributed by atoms with E-state index in [-0.39, 0.29) is 11.0 Å². The Morgan fingerprint density at radius 2 is 1.96 bits per heavy atom. The lowest BCUT2D eigenvalue weighted by Crippen LogP contribution is -2.34. The summed E-state index contributed by atoms with van der Waals surface area (Å²) in [5.74, 6) is 0.161. The Morgan fingerprint density at radius 3 is 2.67 bits per heavy atom. The largest absolute Gasteiger partial charge is 0.493 e. The number of ether oxygens (including phenoxy) is 1. The van der Waals surface area contributed by atoms with Gasteiger partial charge in [0.2, 0.25) is 0 Å². The van der Waals surface area contributed by atoms with Crippen LogP contribution in [0.25, 0.3) is 0 Å². The van der Waals surface area contributed by atoms with E-state index in [1.807, 2.05) is 13.0 Å². The summed E-state index contributed by atoms with van der Waals surface area (Å²) < 4.78 is 5.58. The molecule has 0 fully saturated rings. The molecule has 0 radical (unpaired) electrons. The minimum atomic E-state index is -0.357. The van der Waals surface area contributed by atoms with Crippen LogP contribution in [0.5, 0.6) is 5.75 Å². The van der Waals surface area contributed by atoms with Gasteiger partial charge in [0, 0.05) is 5.02 Å². The summed E-state index contributed by atoms with van der Waals surface area (Å²) in [7, 11) is 0. The van der Waals surface area contributed by atoms with Crippen molar-refractivity contribution in [1.82, 2.24) is 5.32 Å². The average molecular weight is 383 g/mol. The molecular formula is C17H16Cl2N2O2S. The summed E-state index contributed by atoms with van der Waals surface area (Å²) in [6, 6.07) is 11.9. The number of carbonyl (C=O) groups excluding carboxylic acids is 1. The molecule has 2 aromatic rings. The number of anilines is 1. The number of benzene rings is 2. The molecule has 2 aromatic carbocycles. The number of amides is 1. The molecule has 0 unspecified atom stereocenters. The van der Waals surface area contributed by atoms with Gasteiger partial charge in [-0.05, 0) is 49.0 Å². The highest BCUT2D eigenvalue weighted by Gasteiger charge is 2.14. The van der Waals surface area contributed by atoms with Crippen LogP contribution in [0.2, 0.25) is 10.0 Å². The molecule has 0 heterocycles. The van der Waals surface area contributed by atoms with Crippen molar-refractivity contribution in [2.45, 2.75) is 13.3 Å². The monoisotopic (exact) mass is 382 g/mol. The fourth-order valence-electron chi connectivity index (χ4n) is 1.91. The smallest absolute Gasteiger partial charge is 0.261 e. The molecule has 126 valence electrons. The van der Waals surface area contributed by atoms with E-state index in [1.165, 1.54) is 0 Å². The van der Waals surface area contributed by atoms with Crippen molar-refractivity contribution in [2.75, 3.05) is 11.9 Å². The number of para-hydroxylation sites is 1. The lowest BCUT2D eigenvalue weighted by Gasteiger charge is -2.13. The first kappa shape index (κ1) is 18.5. The summed E-state index contributed by atoms with van der Waals surface area (Å²) in [5, 5.41) is 6.54. The van der Waals surface area contributed by atoms with Crippen LogP contribution >= 0.6 is 35.4 Å². The molecule has 0 aliphatic carbocycles. The van der Waals surface area contributed by atoms with Crippen molar-refractivity contribution in [1.29, 1.82) is 0 Å². The van der Waals surface area contributed by atoms with Crippen LogP contribution in [-0.2, 0) is 0 Å². The van der Waals surface area contributed by atoms with Gasteiger partial charge >= 0.3 is 0 Å². The molecule has 0 atom stereocenters. The Morgan fingerprint density at radius 1 is 1.21 bits per heavy atom. The lowest BCUT2D eigenvalue weighted by atomic mass is 10.2. The molecule has 0 spiro atoms. The van der Waals surface area contributed by atoms with Gasteiger partial charge in [-0.15, -0.1) is 0 Å². The Balaban J connectivity index is 2.05. The van der Waals surface area contributed by atoms with Crippen LogP contribution in [-0.4, -0.2) is 17.6 Å². The number of carbonyl (C=O) groups is 1. The topological polar surface area (TPSA) is 50.4 Å². The van der Waals surface area contributed by atoms with E-state index in [0.29, 0.717) is 33.7 Å². The third kappa shape index (κ3) is 5.09. The fourth-order valence-corrected chi connectivity index (χ4v) is 2.57. The molecule has 0 saturated heterocycles. The molecule has 0 saturated carbocycles. The normalized spacial score (nSPS) is 10.1. The van der Waals surface area contributed by atoms with E-state index in [9.17, 15) is 4.79 Å². The number of hydrogen-bond donors (Lipinski definition) is 2. The Kier molecular flexibility index (Phi) is 6.85. The fraction of sp³-hybridized carbons (Fsp3) is 0.176. The van der Waals surface area contributed by atoms with E-state index < -0.39 is 0 Å². The maximum atomic E-state index is 12.4. The first-order valence-corrected chi connectivity index (χ1v) is 8.47. The molecule has 2 N–H and O–H groups in total. The molecule has 4 nitrogen and oxygen atoms in total. The molecule has 1 amide bonds. The van der Waals surface area contributed by atoms with E-state index >= 15 is 0 Å². The van der Waals surface area contributed by atoms with Crippen molar-refractivity contribution >= 4 is 52.1 Å². The van der Waals surface area contributed by atoms with Gasteiger partial charge in [0.25, 0.3) is 5.91 Å². The molecule has 0 aromatic heterocycles. The predicted molar refractivity (Wildman–Crippen MR) is 102 cm³/mol. The predicted octanol–water partition coefficient (Wildman–Crippen LogP) is 4.91. The highest BCUT2D eigenvalue weighted by atomic mass is 35.5. The maximum absolute atomic E-state index is 12.4. The molecule has 0 aliphatic heterocycles. The third-order valence-corrected chi connectivity index (χ3v) is 3.75. The number of nitrogens with one attached hydrogen (secondary N) is 2. The van der Waals surface area contributed by atoms with Crippen LogP contribution in [0, 0.1) is 0 Å². The lowest BCUT2D eigenvalue weighted by molar-refractivity contribution is 0.0973. The summed E-state index contributed by atoms with van der Waals surface area (Å²) in [4.78, 5) is 12.4. The van der Waals surface area contributed by atoms with Gasteiger partial charge in [0.15, 0.2) is 5.11 Å². The van der Waals surface area contributed by atoms with Crippen LogP contribution in [0.15, 0.2) is 42.5 Å². The zero-order chi connectivity index (χ0) is 17.5. The zero-order valence-electron chi connectivity index (χ0n) is 12.9. The Hall–Kier alpha value is -1.82. The van der Waals surface area contributed by atoms with Gasteiger partial charge < -0.3 is 10.1 Å². The van der Waals surface area contributed by atoms with Crippen LogP contribution in [0.4, 0.5) is 5.69 Å². The van der Waals surface area contributed by atoms with Gasteiger partial charge in [-0.1, -0.05) is 42.3 Å². The molecular weight excluding hydrogens is 367 g/mol. The Bertz CT molecular complexity index is 753. The Labute approximate surface area is 156 Å². The van der Waals surface area contributed by atoms with Crippen molar-refractivity contribution in [2.24, 2.45) is 0 Å². The van der Waals surface area contributed by atoms with Gasteiger partial charge in [-0.25, -0.2) is 0 Å². The number of thiocarbonyl (C=S) groups is 1. The number of hydrogen-bond acceptors (Lipinski definition) is 3. The van der Waals surface area contributed by atoms with Gasteiger partial charge in [-0.3, -0.25) is 10.1 Å². The highest BCUT2D eigenvalue weighted by Crippen LogP contribution is 2.25. The second-order valence-corrected chi connectivity index (χ2v) is 6.13. The van der Waals surface area contributed by atoms with Crippen LogP contribution in [0.3, 0.4) is 0 Å². The standard InChI is InChI=1S/C17H16Cl2N2O2S/c1-2-9-23-15-6-4-3-5-12(15)16(22)21-17(24)20-14-8-7-11(18)10-13(14)19/h3-8,10H,2,9H2,1H3,(H2,20,21,22,24). The van der Waals surface area contributed by atoms with E-state index in [4.69, 9.17) is 40.2 Å². The maximum Gasteiger partial charge on any atom is 0.261 e. The minimum Gasteiger partial charge on any atom is -0.493 e. The van der Waals surface area contributed by atoms with E-state index in [0.717, 1.165) is 6.42 Å². The summed E-state index contributed by atoms with van der Waals surface area (Å²) in [6.07, 6.45) is 0.852. The first-order chi connectivity index (χ1) is 11.5. The van der Waals surface area contributed by atoms with Crippen LogP contribution < -0.4 is 15.4 Å². The van der Waals surface area contributed by atoms with Crippen molar-refractivity contribution in [3.63, 3.8) is 0 Å². The molecule has 0 aliphatic rings. The molecule has 7 heteroatoms. The van der Waals surface area contributed by atoms with E-state index in [1.54, 1.807) is 36.4 Å². The van der Waals surface area contributed by atoms with E-state index in [2.05, 4.69) is 10.6 Å². The minimum absolute atomic E-state index is 0.134. The summed E-state index contributed by atoms with van der Waals surface area (Å²) in [6.45, 7) is 2.53. The number of halogens is 2. The summed E-state index contributed by atoms with van der Waals surface area (Å²) >= 11 is 17.1. The zero-order valence-corrected chi connectivity index (χ0v) is 15.3. The van der Waals surface area contributed by atoms with Crippen molar-refractivity contribution < 1.29 is 9.53 Å². The van der Waals surface area contributed by atoms with Gasteiger partial charge in [0.1, 0.15) is 5.75 Å². The summed E-state index contributed by atoms with van der Waals surface area (Å²) in [5.41, 5.74) is 0.971. The van der Waals surface area contributed by atoms with Gasteiger partial charge in [0.05, 0.1) is 22.9 Å². The third-order valence-electron chi connectivity index (χ3n) is 3.00. The average Bonchev–Trinajstić information content (AvgIpc) is 2.55. The quantitative estimate of drug-likeness (QED) is 0.721. The second-order valence-electron chi connectivity index (χ2n) is 4.88. The molecule has 2 rings (SSSR count). The van der Waals surface area contributed by atoms with Crippen molar-refractivity contribution in [3.05, 3.63) is 58.1 Å². The van der Waals surface area contributed by atoms with Crippen molar-refractivity contribution in [3.8, 4) is 5.75 Å². The SMILES string of the molecule is CCCOc1ccccc1C(=O)NC(=S)Nc1ccc(Cl)cc1Cl. The number of rotatable bonds is 5. The first-order valence-electron chi connectivity index (χ1n) is 7.30. The highest BCUT2D eigenvalue weighted by molar-refractivity contribution is 7.80. The molecule has 24 heavy (non-hydrogen) atoms. The van der Waals surface area contributed by atoms with Crippen LogP contribution in [0.1, 0.15) is 23.7 Å². The second kappa shape index (κ2) is 8.87.